The van der Waals surface area contributed by atoms with Gasteiger partial charge in [-0.3, -0.25) is 0 Å². The van der Waals surface area contributed by atoms with E-state index in [4.69, 9.17) is 0 Å². The molecule has 0 aromatic heterocycles. The minimum absolute atomic E-state index is 0.0708. The van der Waals surface area contributed by atoms with E-state index in [2.05, 4.69) is 254 Å². The maximum absolute atomic E-state index is 3.65. The van der Waals surface area contributed by atoms with Gasteiger partial charge in [-0.2, -0.15) is 0 Å². The molecule has 0 unspecified atom stereocenters. The molecule has 0 aliphatic rings. The van der Waals surface area contributed by atoms with E-state index in [1.807, 2.05) is 0 Å². The molecule has 0 spiro atoms. The third-order valence-corrected chi connectivity index (χ3v) is 13.5. The summed E-state index contributed by atoms with van der Waals surface area (Å²) in [5.74, 6) is 0. The van der Waals surface area contributed by atoms with Gasteiger partial charge in [-0.05, 0) is 117 Å². The molecule has 0 saturated carbocycles. The molecule has 0 bridgehead atoms. The van der Waals surface area contributed by atoms with Crippen LogP contribution < -0.4 is 0 Å². The van der Waals surface area contributed by atoms with Crippen molar-refractivity contribution in [3.8, 4) is 0 Å². The molecule has 0 N–H and O–H groups in total. The molecule has 0 fully saturated rings. The van der Waals surface area contributed by atoms with E-state index in [1.165, 1.54) is 66.8 Å². The fourth-order valence-electron chi connectivity index (χ4n) is 5.93. The van der Waals surface area contributed by atoms with Gasteiger partial charge in [0.15, 0.2) is 0 Å². The highest BCUT2D eigenvalue weighted by molar-refractivity contribution is 9.11. The van der Waals surface area contributed by atoms with Crippen LogP contribution in [0.3, 0.4) is 0 Å². The first-order valence-corrected chi connectivity index (χ1v) is 21.2. The predicted molar refractivity (Wildman–Crippen MR) is 245 cm³/mol. The van der Waals surface area contributed by atoms with Crippen molar-refractivity contribution < 1.29 is 0 Å². The molecule has 0 atom stereocenters. The normalized spacial score (nSPS) is 11.3. The standard InChI is InChI=1S/C17H16Br4.C17H20.C15H16/c1-9-13(18)5-11(6-14(9)19)17(3,4)12-7-15(20)10(2)16(21)8-12;1-13-5-9-15(10-6-13)17(3,4)16-11-7-14(2)8-12-16;1-12-3-7-14(8-4-12)11-15-9-5-13(2)6-10-15/h5-8H,1-4H3;5-12H,1-4H3;3-10H,11H2,1-2H3. The monoisotopic (exact) mass is 956 g/mol. The van der Waals surface area contributed by atoms with Gasteiger partial charge >= 0.3 is 0 Å². The Morgan fingerprint density at radius 3 is 0.830 bits per heavy atom. The summed E-state index contributed by atoms with van der Waals surface area (Å²) in [6, 6.07) is 44.0. The van der Waals surface area contributed by atoms with Gasteiger partial charge in [-0.25, -0.2) is 0 Å². The second-order valence-electron chi connectivity index (χ2n) is 15.3. The number of hydrogen-bond donors (Lipinski definition) is 0. The number of benzene rings is 6. The lowest BCUT2D eigenvalue weighted by atomic mass is 9.78. The van der Waals surface area contributed by atoms with Gasteiger partial charge in [0.2, 0.25) is 0 Å². The molecular weight excluding hydrogens is 908 g/mol. The molecule has 0 aliphatic carbocycles. The minimum atomic E-state index is -0.0858. The highest BCUT2D eigenvalue weighted by atomic mass is 79.9. The third kappa shape index (κ3) is 11.6. The van der Waals surface area contributed by atoms with E-state index in [-0.39, 0.29) is 10.8 Å². The Bertz CT molecular complexity index is 1910. The Balaban J connectivity index is 0.000000180. The summed E-state index contributed by atoms with van der Waals surface area (Å²) in [7, 11) is 0. The molecule has 0 aliphatic heterocycles. The molecule has 0 heterocycles. The van der Waals surface area contributed by atoms with Gasteiger partial charge in [-0.1, -0.05) is 211 Å². The summed E-state index contributed by atoms with van der Waals surface area (Å²) >= 11 is 14.6. The van der Waals surface area contributed by atoms with Gasteiger partial charge in [0, 0.05) is 28.7 Å². The van der Waals surface area contributed by atoms with E-state index in [0.717, 1.165) is 24.3 Å². The van der Waals surface area contributed by atoms with Crippen LogP contribution in [0, 0.1) is 41.5 Å². The summed E-state index contributed by atoms with van der Waals surface area (Å²) < 4.78 is 4.52. The minimum Gasteiger partial charge on any atom is -0.0590 e. The number of halogens is 4. The average Bonchev–Trinajstić information content (AvgIpc) is 3.12. The topological polar surface area (TPSA) is 0 Å². The maximum atomic E-state index is 3.65. The Labute approximate surface area is 353 Å². The SMILES string of the molecule is Cc1c(Br)cc(C(C)(C)c2cc(Br)c(C)c(Br)c2)cc1Br.Cc1ccc(C(C)(C)c2ccc(C)cc2)cc1.Cc1ccc(Cc2ccc(C)cc2)cc1. The fraction of sp³-hybridized carbons (Fsp3) is 0.265. The zero-order valence-electron chi connectivity index (χ0n) is 32.8. The first-order chi connectivity index (χ1) is 24.9. The predicted octanol–water partition coefficient (Wildman–Crippen LogP) is 16.2. The van der Waals surface area contributed by atoms with Crippen LogP contribution in [0.5, 0.6) is 0 Å². The Hall–Kier alpha value is -2.76. The highest BCUT2D eigenvalue weighted by Crippen LogP contribution is 2.40. The van der Waals surface area contributed by atoms with Crippen LogP contribution in [0.15, 0.2) is 139 Å². The van der Waals surface area contributed by atoms with Gasteiger partial charge < -0.3 is 0 Å². The second kappa shape index (κ2) is 18.7. The fourth-order valence-corrected chi connectivity index (χ4v) is 8.31. The molecule has 0 saturated heterocycles. The van der Waals surface area contributed by atoms with E-state index in [1.54, 1.807) is 0 Å². The summed E-state index contributed by atoms with van der Waals surface area (Å²) in [5, 5.41) is 0. The summed E-state index contributed by atoms with van der Waals surface area (Å²) in [6.45, 7) is 21.8. The largest absolute Gasteiger partial charge is 0.0590 e. The van der Waals surface area contributed by atoms with Gasteiger partial charge in [0.1, 0.15) is 0 Å². The highest BCUT2D eigenvalue weighted by Gasteiger charge is 2.26. The number of hydrogen-bond acceptors (Lipinski definition) is 0. The summed E-state index contributed by atoms with van der Waals surface area (Å²) in [5.41, 5.74) is 15.7. The van der Waals surface area contributed by atoms with Crippen molar-refractivity contribution in [2.24, 2.45) is 0 Å². The van der Waals surface area contributed by atoms with E-state index >= 15 is 0 Å². The second-order valence-corrected chi connectivity index (χ2v) is 18.7. The Morgan fingerprint density at radius 1 is 0.340 bits per heavy atom. The maximum Gasteiger partial charge on any atom is 0.0218 e. The van der Waals surface area contributed by atoms with Gasteiger partial charge in [-0.15, -0.1) is 0 Å². The first kappa shape index (κ1) is 43.0. The van der Waals surface area contributed by atoms with Gasteiger partial charge in [0.25, 0.3) is 0 Å². The molecule has 276 valence electrons. The molecule has 0 nitrogen and oxygen atoms in total. The zero-order valence-corrected chi connectivity index (χ0v) is 39.1. The molecule has 6 aromatic rings. The van der Waals surface area contributed by atoms with Crippen LogP contribution in [0.1, 0.15) is 94.5 Å². The quantitative estimate of drug-likeness (QED) is 0.156. The van der Waals surface area contributed by atoms with Crippen molar-refractivity contribution >= 4 is 63.7 Å². The van der Waals surface area contributed by atoms with E-state index in [9.17, 15) is 0 Å². The molecule has 4 heteroatoms. The first-order valence-electron chi connectivity index (χ1n) is 18.1. The lowest BCUT2D eigenvalue weighted by molar-refractivity contribution is 0.638. The van der Waals surface area contributed by atoms with Crippen molar-refractivity contribution in [3.63, 3.8) is 0 Å². The van der Waals surface area contributed by atoms with Crippen molar-refractivity contribution in [3.05, 3.63) is 206 Å². The molecule has 53 heavy (non-hydrogen) atoms. The molecular formula is C49H52Br4. The van der Waals surface area contributed by atoms with Crippen molar-refractivity contribution in [2.75, 3.05) is 0 Å². The lowest BCUT2D eigenvalue weighted by Gasteiger charge is -2.28. The summed E-state index contributed by atoms with van der Waals surface area (Å²) in [4.78, 5) is 0. The van der Waals surface area contributed by atoms with Gasteiger partial charge in [0.05, 0.1) is 0 Å². The van der Waals surface area contributed by atoms with Crippen molar-refractivity contribution in [2.45, 2.75) is 86.5 Å². The Kier molecular flexibility index (Phi) is 15.2. The van der Waals surface area contributed by atoms with Crippen LogP contribution >= 0.6 is 63.7 Å². The number of aryl methyl sites for hydroxylation is 4. The van der Waals surface area contributed by atoms with Crippen LogP contribution in [-0.4, -0.2) is 0 Å². The van der Waals surface area contributed by atoms with Crippen molar-refractivity contribution in [1.29, 1.82) is 0 Å². The van der Waals surface area contributed by atoms with E-state index in [0.29, 0.717) is 0 Å². The Morgan fingerprint density at radius 2 is 0.566 bits per heavy atom. The molecule has 0 amide bonds. The van der Waals surface area contributed by atoms with Crippen LogP contribution in [0.4, 0.5) is 0 Å². The summed E-state index contributed by atoms with van der Waals surface area (Å²) in [6.07, 6.45) is 1.03. The average molecular weight is 961 g/mol. The lowest BCUT2D eigenvalue weighted by Crippen LogP contribution is -2.19. The van der Waals surface area contributed by atoms with Crippen molar-refractivity contribution in [1.82, 2.24) is 0 Å². The van der Waals surface area contributed by atoms with Crippen LogP contribution in [0.2, 0.25) is 0 Å². The smallest absolute Gasteiger partial charge is 0.0218 e. The molecule has 6 rings (SSSR count). The molecule has 6 aromatic carbocycles. The van der Waals surface area contributed by atoms with E-state index < -0.39 is 0 Å². The zero-order chi connectivity index (χ0) is 39.1. The van der Waals surface area contributed by atoms with Crippen LogP contribution in [-0.2, 0) is 17.3 Å². The number of rotatable bonds is 6. The molecule has 0 radical (unpaired) electrons. The third-order valence-electron chi connectivity index (χ3n) is 10.2. The van der Waals surface area contributed by atoms with Crippen LogP contribution in [0.25, 0.3) is 0 Å².